The summed E-state index contributed by atoms with van der Waals surface area (Å²) in [7, 11) is 0. The molecule has 1 aromatic rings. The van der Waals surface area contributed by atoms with Crippen molar-refractivity contribution in [2.75, 3.05) is 22.6 Å². The van der Waals surface area contributed by atoms with Gasteiger partial charge >= 0.3 is 0 Å². The molecule has 20 heavy (non-hydrogen) atoms. The van der Waals surface area contributed by atoms with E-state index >= 15 is 0 Å². The summed E-state index contributed by atoms with van der Waals surface area (Å²) in [5.41, 5.74) is 1.33. The molecule has 4 nitrogen and oxygen atoms in total. The van der Waals surface area contributed by atoms with Crippen LogP contribution in [0, 0.1) is 0 Å². The van der Waals surface area contributed by atoms with Crippen molar-refractivity contribution < 1.29 is 9.59 Å². The molecule has 6 heteroatoms. The van der Waals surface area contributed by atoms with Gasteiger partial charge in [0.05, 0.1) is 10.7 Å². The molecule has 1 saturated heterocycles. The van der Waals surface area contributed by atoms with E-state index in [9.17, 15) is 9.59 Å². The molecular weight excluding hydrogens is 299 g/mol. The Balaban J connectivity index is 2.06. The summed E-state index contributed by atoms with van der Waals surface area (Å²) in [6.45, 7) is 0.694. The van der Waals surface area contributed by atoms with Crippen molar-refractivity contribution in [2.24, 2.45) is 0 Å². The molecule has 0 radical (unpaired) electrons. The highest BCUT2D eigenvalue weighted by atomic mass is 35.5. The highest BCUT2D eigenvalue weighted by Crippen LogP contribution is 2.31. The van der Waals surface area contributed by atoms with Gasteiger partial charge in [-0.1, -0.05) is 11.6 Å². The molecular formula is C14H16Cl2N2O2. The van der Waals surface area contributed by atoms with Gasteiger partial charge in [-0.25, -0.2) is 0 Å². The van der Waals surface area contributed by atoms with E-state index in [0.717, 1.165) is 6.42 Å². The predicted molar refractivity (Wildman–Crippen MR) is 81.6 cm³/mol. The molecule has 0 saturated carbocycles. The monoisotopic (exact) mass is 314 g/mol. The Kier molecular flexibility index (Phi) is 5.26. The number of rotatable bonds is 5. The summed E-state index contributed by atoms with van der Waals surface area (Å²) < 4.78 is 0. The topological polar surface area (TPSA) is 49.4 Å². The van der Waals surface area contributed by atoms with Crippen LogP contribution in [0.1, 0.15) is 25.7 Å². The van der Waals surface area contributed by atoms with Crippen LogP contribution in [-0.4, -0.2) is 24.2 Å². The van der Waals surface area contributed by atoms with Crippen LogP contribution in [0.2, 0.25) is 5.02 Å². The van der Waals surface area contributed by atoms with Gasteiger partial charge in [0, 0.05) is 31.0 Å². The third-order valence-corrected chi connectivity index (χ3v) is 3.70. The Hall–Kier alpha value is -1.26. The zero-order valence-electron chi connectivity index (χ0n) is 11.0. The maximum absolute atomic E-state index is 11.7. The first kappa shape index (κ1) is 15.1. The number of hydrogen-bond acceptors (Lipinski definition) is 2. The number of halogens is 2. The van der Waals surface area contributed by atoms with Crippen LogP contribution in [0.5, 0.6) is 0 Å². The standard InChI is InChI=1S/C14H16Cl2N2O2/c15-7-1-3-13(19)17-10-5-6-12(11(16)9-10)18-8-2-4-14(18)20/h5-6,9H,1-4,7-8H2,(H,17,19). The lowest BCUT2D eigenvalue weighted by Crippen LogP contribution is -2.24. The third kappa shape index (κ3) is 3.64. The number of alkyl halides is 1. The Labute approximate surface area is 128 Å². The first-order chi connectivity index (χ1) is 9.61. The largest absolute Gasteiger partial charge is 0.326 e. The number of carbonyl (C=O) groups is 2. The van der Waals surface area contributed by atoms with Gasteiger partial charge in [0.15, 0.2) is 0 Å². The Morgan fingerprint density at radius 2 is 2.20 bits per heavy atom. The second kappa shape index (κ2) is 6.95. The van der Waals surface area contributed by atoms with Crippen LogP contribution in [-0.2, 0) is 9.59 Å². The molecule has 1 aliphatic heterocycles. The highest BCUT2D eigenvalue weighted by molar-refractivity contribution is 6.34. The number of anilines is 2. The Morgan fingerprint density at radius 1 is 1.40 bits per heavy atom. The molecule has 1 fully saturated rings. The molecule has 1 aromatic carbocycles. The van der Waals surface area contributed by atoms with Crippen LogP contribution < -0.4 is 10.2 Å². The van der Waals surface area contributed by atoms with Gasteiger partial charge in [-0.05, 0) is 31.0 Å². The van der Waals surface area contributed by atoms with Gasteiger partial charge in [0.25, 0.3) is 0 Å². The van der Waals surface area contributed by atoms with Crippen molar-refractivity contribution in [1.82, 2.24) is 0 Å². The first-order valence-electron chi connectivity index (χ1n) is 6.57. The molecule has 0 aromatic heterocycles. The zero-order valence-corrected chi connectivity index (χ0v) is 12.5. The van der Waals surface area contributed by atoms with E-state index in [0.29, 0.717) is 48.1 Å². The predicted octanol–water partition coefficient (Wildman–Crippen LogP) is 3.42. The average Bonchev–Trinajstić information content (AvgIpc) is 2.83. The fourth-order valence-corrected chi connectivity index (χ4v) is 2.57. The van der Waals surface area contributed by atoms with E-state index in [1.807, 2.05) is 0 Å². The van der Waals surface area contributed by atoms with Crippen molar-refractivity contribution >= 4 is 46.4 Å². The second-order valence-corrected chi connectivity index (χ2v) is 5.44. The summed E-state index contributed by atoms with van der Waals surface area (Å²) in [5.74, 6) is 0.460. The summed E-state index contributed by atoms with van der Waals surface area (Å²) in [6, 6.07) is 5.19. The van der Waals surface area contributed by atoms with Crippen LogP contribution in [0.4, 0.5) is 11.4 Å². The smallest absolute Gasteiger partial charge is 0.227 e. The van der Waals surface area contributed by atoms with Crippen molar-refractivity contribution in [1.29, 1.82) is 0 Å². The number of nitrogens with zero attached hydrogens (tertiary/aromatic N) is 1. The van der Waals surface area contributed by atoms with Gasteiger partial charge < -0.3 is 10.2 Å². The van der Waals surface area contributed by atoms with Crippen molar-refractivity contribution in [2.45, 2.75) is 25.7 Å². The van der Waals surface area contributed by atoms with E-state index in [1.165, 1.54) is 0 Å². The van der Waals surface area contributed by atoms with Crippen LogP contribution in [0.15, 0.2) is 18.2 Å². The van der Waals surface area contributed by atoms with Crippen LogP contribution in [0.25, 0.3) is 0 Å². The highest BCUT2D eigenvalue weighted by Gasteiger charge is 2.23. The van der Waals surface area contributed by atoms with E-state index in [2.05, 4.69) is 5.32 Å². The molecule has 0 bridgehead atoms. The van der Waals surface area contributed by atoms with E-state index in [4.69, 9.17) is 23.2 Å². The maximum atomic E-state index is 11.7. The minimum absolute atomic E-state index is 0.0887. The lowest BCUT2D eigenvalue weighted by atomic mass is 10.2. The molecule has 1 aliphatic rings. The van der Waals surface area contributed by atoms with Gasteiger partial charge in [-0.2, -0.15) is 0 Å². The summed E-state index contributed by atoms with van der Waals surface area (Å²) in [6.07, 6.45) is 2.44. The van der Waals surface area contributed by atoms with Crippen molar-refractivity contribution in [3.05, 3.63) is 23.2 Å². The van der Waals surface area contributed by atoms with E-state index < -0.39 is 0 Å². The summed E-state index contributed by atoms with van der Waals surface area (Å²) in [4.78, 5) is 25.0. The van der Waals surface area contributed by atoms with Gasteiger partial charge in [0.2, 0.25) is 11.8 Å². The normalized spacial score (nSPS) is 14.7. The van der Waals surface area contributed by atoms with Crippen LogP contribution in [0.3, 0.4) is 0 Å². The zero-order chi connectivity index (χ0) is 14.5. The third-order valence-electron chi connectivity index (χ3n) is 3.13. The van der Waals surface area contributed by atoms with Gasteiger partial charge in [-0.3, -0.25) is 9.59 Å². The van der Waals surface area contributed by atoms with E-state index in [1.54, 1.807) is 23.1 Å². The Bertz CT molecular complexity index is 520. The lowest BCUT2D eigenvalue weighted by Gasteiger charge is -2.18. The summed E-state index contributed by atoms with van der Waals surface area (Å²) in [5, 5.41) is 3.23. The molecule has 1 N–H and O–H groups in total. The lowest BCUT2D eigenvalue weighted by molar-refractivity contribution is -0.117. The first-order valence-corrected chi connectivity index (χ1v) is 7.49. The molecule has 0 atom stereocenters. The molecule has 0 unspecified atom stereocenters. The second-order valence-electron chi connectivity index (χ2n) is 4.66. The van der Waals surface area contributed by atoms with Crippen molar-refractivity contribution in [3.63, 3.8) is 0 Å². The van der Waals surface area contributed by atoms with Gasteiger partial charge in [-0.15, -0.1) is 11.6 Å². The van der Waals surface area contributed by atoms with Crippen molar-refractivity contribution in [3.8, 4) is 0 Å². The SMILES string of the molecule is O=C(CCCCl)Nc1ccc(N2CCCC2=O)c(Cl)c1. The molecule has 2 rings (SSSR count). The number of benzene rings is 1. The number of nitrogens with one attached hydrogen (secondary N) is 1. The molecule has 0 aliphatic carbocycles. The Morgan fingerprint density at radius 3 is 2.80 bits per heavy atom. The van der Waals surface area contributed by atoms with E-state index in [-0.39, 0.29) is 11.8 Å². The number of hydrogen-bond donors (Lipinski definition) is 1. The van der Waals surface area contributed by atoms with Gasteiger partial charge in [0.1, 0.15) is 0 Å². The number of carbonyl (C=O) groups excluding carboxylic acids is 2. The number of amides is 2. The van der Waals surface area contributed by atoms with Crippen LogP contribution >= 0.6 is 23.2 Å². The molecule has 1 heterocycles. The average molecular weight is 315 g/mol. The minimum Gasteiger partial charge on any atom is -0.326 e. The molecule has 2 amide bonds. The summed E-state index contributed by atoms with van der Waals surface area (Å²) >= 11 is 11.7. The molecule has 0 spiro atoms. The fourth-order valence-electron chi connectivity index (χ4n) is 2.16. The fraction of sp³-hybridized carbons (Fsp3) is 0.429. The maximum Gasteiger partial charge on any atom is 0.227 e. The quantitative estimate of drug-likeness (QED) is 0.846. The molecule has 108 valence electrons. The minimum atomic E-state index is -0.0910.